The molecule has 0 atom stereocenters. The van der Waals surface area contributed by atoms with Crippen molar-refractivity contribution in [2.24, 2.45) is 0 Å². The van der Waals surface area contributed by atoms with Crippen molar-refractivity contribution >= 4 is 50.7 Å². The van der Waals surface area contributed by atoms with Crippen LogP contribution >= 0.6 is 11.8 Å². The molecule has 230 valence electrons. The number of thioether (sulfide) groups is 1. The maximum Gasteiger partial charge on any atom is 0.264 e. The molecule has 0 saturated heterocycles. The Labute approximate surface area is 263 Å². The molecule has 4 aromatic carbocycles. The number of hydrogen-bond donors (Lipinski definition) is 2. The molecule has 0 unspecified atom stereocenters. The fraction of sp³-hybridized carbons (Fsp3) is 0.235. The fourth-order valence-corrected chi connectivity index (χ4v) is 6.23. The van der Waals surface area contributed by atoms with E-state index in [0.717, 1.165) is 14.8 Å². The molecule has 0 aliphatic carbocycles. The van der Waals surface area contributed by atoms with Gasteiger partial charge in [0.2, 0.25) is 5.91 Å². The third-order valence-electron chi connectivity index (χ3n) is 6.79. The molecule has 2 amide bonds. The third-order valence-corrected chi connectivity index (χ3v) is 9.32. The van der Waals surface area contributed by atoms with Gasteiger partial charge in [-0.25, -0.2) is 8.42 Å². The van der Waals surface area contributed by atoms with E-state index in [1.807, 2.05) is 25.3 Å². The van der Waals surface area contributed by atoms with E-state index in [-0.39, 0.29) is 16.2 Å². The van der Waals surface area contributed by atoms with Crippen molar-refractivity contribution in [1.82, 2.24) is 0 Å². The number of hydrogen-bond acceptors (Lipinski definition) is 6. The zero-order valence-electron chi connectivity index (χ0n) is 25.5. The van der Waals surface area contributed by atoms with Gasteiger partial charge in [0.1, 0.15) is 12.3 Å². The monoisotopic (exact) mass is 631 g/mol. The molecule has 0 saturated carbocycles. The van der Waals surface area contributed by atoms with E-state index in [1.165, 1.54) is 23.9 Å². The molecule has 0 fully saturated rings. The summed E-state index contributed by atoms with van der Waals surface area (Å²) in [7, 11) is -4.09. The third kappa shape index (κ3) is 8.21. The van der Waals surface area contributed by atoms with Crippen molar-refractivity contribution < 1.29 is 22.7 Å². The number of benzene rings is 4. The predicted octanol–water partition coefficient (Wildman–Crippen LogP) is 7.19. The molecule has 8 nitrogen and oxygen atoms in total. The smallest absolute Gasteiger partial charge is 0.264 e. The van der Waals surface area contributed by atoms with E-state index >= 15 is 0 Å². The Morgan fingerprint density at radius 3 is 2.02 bits per heavy atom. The molecule has 10 heteroatoms. The molecule has 0 aliphatic rings. The molecule has 4 rings (SSSR count). The summed E-state index contributed by atoms with van der Waals surface area (Å²) < 4.78 is 34.1. The van der Waals surface area contributed by atoms with E-state index in [2.05, 4.69) is 31.4 Å². The second-order valence-corrected chi connectivity index (χ2v) is 13.8. The van der Waals surface area contributed by atoms with Gasteiger partial charge in [-0.05, 0) is 103 Å². The summed E-state index contributed by atoms with van der Waals surface area (Å²) >= 11 is 1.50. The Bertz CT molecular complexity index is 1700. The molecule has 0 heterocycles. The number of nitrogens with zero attached hydrogens (tertiary/aromatic N) is 1. The van der Waals surface area contributed by atoms with E-state index in [4.69, 9.17) is 4.74 Å². The van der Waals surface area contributed by atoms with Crippen LogP contribution in [-0.4, -0.2) is 39.6 Å². The quantitative estimate of drug-likeness (QED) is 0.170. The minimum absolute atomic E-state index is 0.0256. The lowest BCUT2D eigenvalue weighted by molar-refractivity contribution is -0.114. The zero-order valence-corrected chi connectivity index (χ0v) is 27.1. The lowest BCUT2D eigenvalue weighted by atomic mass is 9.87. The number of carbonyl (C=O) groups excluding carboxylic acids is 2. The van der Waals surface area contributed by atoms with Gasteiger partial charge in [0, 0.05) is 21.8 Å². The molecule has 0 bridgehead atoms. The van der Waals surface area contributed by atoms with E-state index in [0.29, 0.717) is 35.0 Å². The average molecular weight is 632 g/mol. The summed E-state index contributed by atoms with van der Waals surface area (Å²) in [6.45, 7) is 8.18. The number of ether oxygens (including phenoxy) is 1. The van der Waals surface area contributed by atoms with Crippen molar-refractivity contribution in [1.29, 1.82) is 0 Å². The first kappa shape index (κ1) is 32.6. The average Bonchev–Trinajstić information content (AvgIpc) is 3.00. The van der Waals surface area contributed by atoms with Crippen LogP contribution in [0.5, 0.6) is 5.75 Å². The second-order valence-electron chi connectivity index (χ2n) is 11.0. The minimum Gasteiger partial charge on any atom is -0.494 e. The van der Waals surface area contributed by atoms with Crippen molar-refractivity contribution in [3.63, 3.8) is 0 Å². The van der Waals surface area contributed by atoms with Gasteiger partial charge in [0.25, 0.3) is 15.9 Å². The normalized spacial score (nSPS) is 11.5. The van der Waals surface area contributed by atoms with Crippen molar-refractivity contribution in [3.8, 4) is 5.75 Å². The lowest BCUT2D eigenvalue weighted by Gasteiger charge is -2.24. The van der Waals surface area contributed by atoms with Crippen molar-refractivity contribution in [2.75, 3.05) is 34.3 Å². The Morgan fingerprint density at radius 2 is 1.45 bits per heavy atom. The molecule has 0 aliphatic heterocycles. The highest BCUT2D eigenvalue weighted by molar-refractivity contribution is 7.98. The van der Waals surface area contributed by atoms with Crippen molar-refractivity contribution in [3.05, 3.63) is 108 Å². The van der Waals surface area contributed by atoms with Crippen LogP contribution in [0.1, 0.15) is 43.6 Å². The highest BCUT2D eigenvalue weighted by Crippen LogP contribution is 2.28. The molecule has 4 aromatic rings. The Balaban J connectivity index is 1.52. The van der Waals surface area contributed by atoms with Gasteiger partial charge in [-0.1, -0.05) is 39.0 Å². The summed E-state index contributed by atoms with van der Waals surface area (Å²) in [5.41, 5.74) is 2.81. The zero-order chi connectivity index (χ0) is 31.9. The van der Waals surface area contributed by atoms with Crippen LogP contribution in [0.25, 0.3) is 0 Å². The molecule has 0 spiro atoms. The number of anilines is 3. The molecule has 2 N–H and O–H groups in total. The van der Waals surface area contributed by atoms with Gasteiger partial charge in [-0.2, -0.15) is 0 Å². The Morgan fingerprint density at radius 1 is 0.841 bits per heavy atom. The highest BCUT2D eigenvalue weighted by Gasteiger charge is 2.27. The maximum atomic E-state index is 13.8. The van der Waals surface area contributed by atoms with Gasteiger partial charge < -0.3 is 15.4 Å². The molecule has 44 heavy (non-hydrogen) atoms. The van der Waals surface area contributed by atoms with Crippen LogP contribution in [0.3, 0.4) is 0 Å². The first-order valence-electron chi connectivity index (χ1n) is 14.1. The largest absolute Gasteiger partial charge is 0.494 e. The van der Waals surface area contributed by atoms with Gasteiger partial charge in [-0.3, -0.25) is 13.9 Å². The van der Waals surface area contributed by atoms with Gasteiger partial charge in [0.05, 0.1) is 17.2 Å². The van der Waals surface area contributed by atoms with Crippen LogP contribution in [0.4, 0.5) is 17.1 Å². The SMILES string of the molecule is CCOc1ccc(N(CC(=O)Nc2cccc(NC(=O)c3ccc(C(C)(C)C)cc3)c2)S(=O)(=O)c2ccc(SC)cc2)cc1. The highest BCUT2D eigenvalue weighted by atomic mass is 32.2. The van der Waals surface area contributed by atoms with Gasteiger partial charge >= 0.3 is 0 Å². The Hall–Kier alpha value is -4.28. The molecular formula is C34H37N3O5S2. The molecule has 0 aromatic heterocycles. The van der Waals surface area contributed by atoms with Crippen LogP contribution in [0.2, 0.25) is 0 Å². The number of carbonyl (C=O) groups is 2. The first-order valence-corrected chi connectivity index (χ1v) is 16.8. The maximum absolute atomic E-state index is 13.8. The number of rotatable bonds is 11. The van der Waals surface area contributed by atoms with Gasteiger partial charge in [-0.15, -0.1) is 11.8 Å². The number of nitrogens with one attached hydrogen (secondary N) is 2. The minimum atomic E-state index is -4.09. The number of amides is 2. The fourth-order valence-electron chi connectivity index (χ4n) is 4.40. The van der Waals surface area contributed by atoms with Crippen molar-refractivity contribution in [2.45, 2.75) is 42.9 Å². The van der Waals surface area contributed by atoms with E-state index < -0.39 is 22.5 Å². The summed E-state index contributed by atoms with van der Waals surface area (Å²) in [4.78, 5) is 27.1. The van der Waals surface area contributed by atoms with E-state index in [9.17, 15) is 18.0 Å². The Kier molecular flexibility index (Phi) is 10.4. The predicted molar refractivity (Wildman–Crippen MR) is 179 cm³/mol. The number of sulfonamides is 1. The summed E-state index contributed by atoms with van der Waals surface area (Å²) in [6.07, 6.45) is 1.91. The topological polar surface area (TPSA) is 105 Å². The molecule has 0 radical (unpaired) electrons. The van der Waals surface area contributed by atoms with Crippen LogP contribution in [0, 0.1) is 0 Å². The second kappa shape index (κ2) is 14.0. The summed E-state index contributed by atoms with van der Waals surface area (Å²) in [5, 5.41) is 5.63. The standard InChI is InChI=1S/C34H37N3O5S2/c1-6-42-29-16-14-28(15-17-29)37(44(40,41)31-20-18-30(43-5)19-21-31)23-32(38)35-26-8-7-9-27(22-26)36-33(39)24-10-12-25(13-11-24)34(2,3)4/h7-22H,6,23H2,1-5H3,(H,35,38)(H,36,39). The van der Waals surface area contributed by atoms with E-state index in [1.54, 1.807) is 72.8 Å². The summed E-state index contributed by atoms with van der Waals surface area (Å²) in [6, 6.07) is 27.2. The first-order chi connectivity index (χ1) is 20.9. The lowest BCUT2D eigenvalue weighted by Crippen LogP contribution is -2.38. The summed E-state index contributed by atoms with van der Waals surface area (Å²) in [5.74, 6) is -0.245. The van der Waals surface area contributed by atoms with Gasteiger partial charge in [0.15, 0.2) is 0 Å². The van der Waals surface area contributed by atoms with Crippen LogP contribution < -0.4 is 19.7 Å². The van der Waals surface area contributed by atoms with Crippen LogP contribution in [-0.2, 0) is 20.2 Å². The molecular weight excluding hydrogens is 595 g/mol. The van der Waals surface area contributed by atoms with Crippen LogP contribution in [0.15, 0.2) is 107 Å².